The molecule has 3 nitrogen and oxygen atoms in total. The summed E-state index contributed by atoms with van der Waals surface area (Å²) in [4.78, 5) is 13.4. The van der Waals surface area contributed by atoms with Gasteiger partial charge in [0.25, 0.3) is 5.91 Å². The zero-order valence-corrected chi connectivity index (χ0v) is 11.2. The van der Waals surface area contributed by atoms with Gasteiger partial charge in [0, 0.05) is 25.1 Å². The lowest BCUT2D eigenvalue weighted by atomic mass is 9.93. The van der Waals surface area contributed by atoms with E-state index in [9.17, 15) is 4.79 Å². The number of carbonyl (C=O) groups is 1. The zero-order chi connectivity index (χ0) is 13.6. The van der Waals surface area contributed by atoms with Crippen molar-refractivity contribution < 1.29 is 4.79 Å². The van der Waals surface area contributed by atoms with Crippen molar-refractivity contribution in [2.24, 2.45) is 11.1 Å². The minimum absolute atomic E-state index is 0.0845. The highest BCUT2D eigenvalue weighted by atomic mass is 16.2. The average molecular weight is 244 g/mol. The Morgan fingerprint density at radius 2 is 1.94 bits per heavy atom. The fraction of sp³-hybridized carbons (Fsp3) is 0.400. The summed E-state index contributed by atoms with van der Waals surface area (Å²) in [5.41, 5.74) is 6.41. The van der Waals surface area contributed by atoms with Gasteiger partial charge in [-0.3, -0.25) is 4.79 Å². The largest absolute Gasteiger partial charge is 0.334 e. The third-order valence-electron chi connectivity index (χ3n) is 2.65. The third kappa shape index (κ3) is 4.60. The maximum Gasteiger partial charge on any atom is 0.298 e. The van der Waals surface area contributed by atoms with Crippen LogP contribution < -0.4 is 5.73 Å². The summed E-state index contributed by atoms with van der Waals surface area (Å²) in [5.74, 6) is 5.32. The fourth-order valence-electron chi connectivity index (χ4n) is 1.52. The van der Waals surface area contributed by atoms with Gasteiger partial charge in [0.15, 0.2) is 0 Å². The van der Waals surface area contributed by atoms with E-state index in [-0.39, 0.29) is 11.3 Å². The maximum absolute atomic E-state index is 11.8. The molecule has 0 saturated carbocycles. The molecule has 0 aliphatic rings. The Bertz CT molecular complexity index is 454. The lowest BCUT2D eigenvalue weighted by Crippen LogP contribution is -2.39. The molecule has 0 unspecified atom stereocenters. The van der Waals surface area contributed by atoms with Gasteiger partial charge in [-0.1, -0.05) is 38.0 Å². The summed E-state index contributed by atoms with van der Waals surface area (Å²) < 4.78 is 0. The molecule has 1 aromatic rings. The molecule has 1 aromatic carbocycles. The van der Waals surface area contributed by atoms with Gasteiger partial charge in [-0.15, -0.1) is 0 Å². The summed E-state index contributed by atoms with van der Waals surface area (Å²) >= 11 is 0. The van der Waals surface area contributed by atoms with E-state index in [2.05, 4.69) is 11.8 Å². The SMILES string of the molecule is CN(CC(C)(C)CN)C(=O)C#Cc1ccccc1. The predicted molar refractivity (Wildman–Crippen MR) is 73.8 cm³/mol. The quantitative estimate of drug-likeness (QED) is 0.819. The summed E-state index contributed by atoms with van der Waals surface area (Å²) in [6.45, 7) is 5.20. The number of carbonyl (C=O) groups excluding carboxylic acids is 1. The summed E-state index contributed by atoms with van der Waals surface area (Å²) in [7, 11) is 1.75. The van der Waals surface area contributed by atoms with Gasteiger partial charge in [-0.05, 0) is 24.1 Å². The number of hydrogen-bond donors (Lipinski definition) is 1. The lowest BCUT2D eigenvalue weighted by molar-refractivity contribution is -0.125. The Morgan fingerprint density at radius 1 is 1.33 bits per heavy atom. The second kappa shape index (κ2) is 6.23. The first-order valence-electron chi connectivity index (χ1n) is 5.97. The number of nitrogens with two attached hydrogens (primary N) is 1. The Labute approximate surface area is 109 Å². The van der Waals surface area contributed by atoms with Crippen molar-refractivity contribution in [2.45, 2.75) is 13.8 Å². The molecule has 0 saturated heterocycles. The number of nitrogens with zero attached hydrogens (tertiary/aromatic N) is 1. The molecule has 0 heterocycles. The van der Waals surface area contributed by atoms with Gasteiger partial charge < -0.3 is 10.6 Å². The maximum atomic E-state index is 11.8. The van der Waals surface area contributed by atoms with E-state index in [1.54, 1.807) is 11.9 Å². The molecule has 0 atom stereocenters. The van der Waals surface area contributed by atoms with Gasteiger partial charge in [0.05, 0.1) is 0 Å². The molecule has 18 heavy (non-hydrogen) atoms. The Morgan fingerprint density at radius 3 is 2.50 bits per heavy atom. The molecule has 0 spiro atoms. The Hall–Kier alpha value is -1.79. The Balaban J connectivity index is 2.64. The molecule has 2 N–H and O–H groups in total. The molecule has 0 radical (unpaired) electrons. The lowest BCUT2D eigenvalue weighted by Gasteiger charge is -2.27. The topological polar surface area (TPSA) is 46.3 Å². The zero-order valence-electron chi connectivity index (χ0n) is 11.2. The van der Waals surface area contributed by atoms with Crippen molar-refractivity contribution in [1.82, 2.24) is 4.90 Å². The molecular weight excluding hydrogens is 224 g/mol. The van der Waals surface area contributed by atoms with E-state index in [0.717, 1.165) is 5.56 Å². The molecule has 3 heteroatoms. The van der Waals surface area contributed by atoms with Crippen molar-refractivity contribution in [3.63, 3.8) is 0 Å². The molecule has 96 valence electrons. The molecule has 1 amide bonds. The van der Waals surface area contributed by atoms with Crippen molar-refractivity contribution in [3.8, 4) is 11.8 Å². The van der Waals surface area contributed by atoms with Crippen LogP contribution in [0.1, 0.15) is 19.4 Å². The normalized spacial score (nSPS) is 10.4. The van der Waals surface area contributed by atoms with Gasteiger partial charge in [0.1, 0.15) is 0 Å². The molecule has 0 aliphatic carbocycles. The molecule has 0 fully saturated rings. The van der Waals surface area contributed by atoms with Crippen LogP contribution in [-0.4, -0.2) is 30.9 Å². The van der Waals surface area contributed by atoms with Crippen LogP contribution in [0, 0.1) is 17.3 Å². The van der Waals surface area contributed by atoms with Crippen LogP contribution in [-0.2, 0) is 4.79 Å². The predicted octanol–water partition coefficient (Wildman–Crippen LogP) is 1.48. The second-order valence-electron chi connectivity index (χ2n) is 5.15. The first kappa shape index (κ1) is 14.3. The van der Waals surface area contributed by atoms with E-state index in [1.165, 1.54) is 0 Å². The first-order valence-corrected chi connectivity index (χ1v) is 5.97. The van der Waals surface area contributed by atoms with E-state index in [0.29, 0.717) is 13.1 Å². The molecule has 0 bridgehead atoms. The summed E-state index contributed by atoms with van der Waals surface area (Å²) in [5, 5.41) is 0. The minimum atomic E-state index is -0.180. The van der Waals surface area contributed by atoms with Crippen LogP contribution in [0.4, 0.5) is 0 Å². The standard InChI is InChI=1S/C15H20N2O/c1-15(2,11-16)12-17(3)14(18)10-9-13-7-5-4-6-8-13/h4-8H,11-12,16H2,1-3H3. The number of amides is 1. The summed E-state index contributed by atoms with van der Waals surface area (Å²) in [6, 6.07) is 9.47. The van der Waals surface area contributed by atoms with Crippen molar-refractivity contribution >= 4 is 5.91 Å². The van der Waals surface area contributed by atoms with Crippen LogP contribution in [0.2, 0.25) is 0 Å². The van der Waals surface area contributed by atoms with Crippen molar-refractivity contribution in [3.05, 3.63) is 35.9 Å². The van der Waals surface area contributed by atoms with Crippen molar-refractivity contribution in [1.29, 1.82) is 0 Å². The Kier molecular flexibility index (Phi) is 4.94. The van der Waals surface area contributed by atoms with E-state index in [1.807, 2.05) is 44.2 Å². The first-order chi connectivity index (χ1) is 8.44. The van der Waals surface area contributed by atoms with Gasteiger partial charge >= 0.3 is 0 Å². The number of rotatable bonds is 3. The number of benzene rings is 1. The van der Waals surface area contributed by atoms with Crippen molar-refractivity contribution in [2.75, 3.05) is 20.1 Å². The highest BCUT2D eigenvalue weighted by molar-refractivity contribution is 5.93. The second-order valence-corrected chi connectivity index (χ2v) is 5.15. The smallest absolute Gasteiger partial charge is 0.298 e. The van der Waals surface area contributed by atoms with E-state index >= 15 is 0 Å². The average Bonchev–Trinajstić information content (AvgIpc) is 2.36. The summed E-state index contributed by atoms with van der Waals surface area (Å²) in [6.07, 6.45) is 0. The fourth-order valence-corrected chi connectivity index (χ4v) is 1.52. The molecule has 1 rings (SSSR count). The third-order valence-corrected chi connectivity index (χ3v) is 2.65. The van der Waals surface area contributed by atoms with E-state index in [4.69, 9.17) is 5.73 Å². The van der Waals surface area contributed by atoms with Crippen LogP contribution >= 0.6 is 0 Å². The highest BCUT2D eigenvalue weighted by Crippen LogP contribution is 2.13. The van der Waals surface area contributed by atoms with Gasteiger partial charge in [-0.25, -0.2) is 0 Å². The monoisotopic (exact) mass is 244 g/mol. The van der Waals surface area contributed by atoms with Crippen LogP contribution in [0.25, 0.3) is 0 Å². The van der Waals surface area contributed by atoms with E-state index < -0.39 is 0 Å². The highest BCUT2D eigenvalue weighted by Gasteiger charge is 2.20. The minimum Gasteiger partial charge on any atom is -0.334 e. The molecule has 0 aromatic heterocycles. The molecular formula is C15H20N2O. The van der Waals surface area contributed by atoms with Gasteiger partial charge in [0.2, 0.25) is 0 Å². The van der Waals surface area contributed by atoms with Crippen LogP contribution in [0.5, 0.6) is 0 Å². The number of hydrogen-bond acceptors (Lipinski definition) is 2. The van der Waals surface area contributed by atoms with Crippen LogP contribution in [0.3, 0.4) is 0 Å². The van der Waals surface area contributed by atoms with Crippen LogP contribution in [0.15, 0.2) is 30.3 Å². The van der Waals surface area contributed by atoms with Gasteiger partial charge in [-0.2, -0.15) is 0 Å². The molecule has 0 aliphatic heterocycles.